The van der Waals surface area contributed by atoms with Crippen LogP contribution in [0.3, 0.4) is 0 Å². The van der Waals surface area contributed by atoms with Crippen molar-refractivity contribution in [1.82, 2.24) is 15.3 Å². The molecule has 0 spiro atoms. The number of pyridine rings is 1. The Hall–Kier alpha value is -2.21. The van der Waals surface area contributed by atoms with Crippen molar-refractivity contribution in [2.45, 2.75) is 19.3 Å². The van der Waals surface area contributed by atoms with Crippen LogP contribution in [-0.2, 0) is 11.2 Å². The molecule has 3 rings (SSSR count). The SMILES string of the molecule is O=C(C=Cc1cccnc1)NCCc1csc(N2CCCC2)n1. The molecular weight excluding hydrogens is 308 g/mol. The van der Waals surface area contributed by atoms with Crippen molar-refractivity contribution in [3.05, 3.63) is 47.2 Å². The lowest BCUT2D eigenvalue weighted by Crippen LogP contribution is -2.23. The Labute approximate surface area is 140 Å². The van der Waals surface area contributed by atoms with Crippen LogP contribution in [0.4, 0.5) is 5.13 Å². The van der Waals surface area contributed by atoms with E-state index in [2.05, 4.69) is 25.6 Å². The normalized spacial score (nSPS) is 14.5. The van der Waals surface area contributed by atoms with Crippen LogP contribution in [0.5, 0.6) is 0 Å². The number of carbonyl (C=O) groups excluding carboxylic acids is 1. The van der Waals surface area contributed by atoms with Gasteiger partial charge in [0.25, 0.3) is 0 Å². The zero-order chi connectivity index (χ0) is 15.9. The quantitative estimate of drug-likeness (QED) is 0.828. The molecule has 1 aliphatic rings. The first-order valence-electron chi connectivity index (χ1n) is 7.86. The highest BCUT2D eigenvalue weighted by atomic mass is 32.1. The summed E-state index contributed by atoms with van der Waals surface area (Å²) < 4.78 is 0. The Morgan fingerprint density at radius 2 is 2.26 bits per heavy atom. The monoisotopic (exact) mass is 328 g/mol. The summed E-state index contributed by atoms with van der Waals surface area (Å²) in [6.07, 6.45) is 10.0. The van der Waals surface area contributed by atoms with Crippen molar-refractivity contribution in [3.63, 3.8) is 0 Å². The number of hydrogen-bond donors (Lipinski definition) is 1. The van der Waals surface area contributed by atoms with Gasteiger partial charge in [-0.2, -0.15) is 0 Å². The van der Waals surface area contributed by atoms with Gasteiger partial charge in [-0.25, -0.2) is 4.98 Å². The van der Waals surface area contributed by atoms with E-state index >= 15 is 0 Å². The van der Waals surface area contributed by atoms with Crippen molar-refractivity contribution < 1.29 is 4.79 Å². The maximum Gasteiger partial charge on any atom is 0.244 e. The highest BCUT2D eigenvalue weighted by molar-refractivity contribution is 7.13. The largest absolute Gasteiger partial charge is 0.352 e. The van der Waals surface area contributed by atoms with Crippen LogP contribution in [0.15, 0.2) is 36.0 Å². The van der Waals surface area contributed by atoms with Crippen molar-refractivity contribution in [2.24, 2.45) is 0 Å². The fourth-order valence-corrected chi connectivity index (χ4v) is 3.40. The lowest BCUT2D eigenvalue weighted by atomic mass is 10.2. The molecular formula is C17H20N4OS. The van der Waals surface area contributed by atoms with Crippen molar-refractivity contribution >= 4 is 28.5 Å². The van der Waals surface area contributed by atoms with Crippen LogP contribution >= 0.6 is 11.3 Å². The van der Waals surface area contributed by atoms with E-state index in [0.29, 0.717) is 6.54 Å². The lowest BCUT2D eigenvalue weighted by molar-refractivity contribution is -0.116. The molecule has 1 saturated heterocycles. The van der Waals surface area contributed by atoms with Gasteiger partial charge in [-0.3, -0.25) is 9.78 Å². The maximum absolute atomic E-state index is 11.8. The highest BCUT2D eigenvalue weighted by Crippen LogP contribution is 2.24. The van der Waals surface area contributed by atoms with Crippen LogP contribution in [0.25, 0.3) is 6.08 Å². The number of nitrogens with zero attached hydrogens (tertiary/aromatic N) is 3. The molecule has 1 fully saturated rings. The average Bonchev–Trinajstić information content (AvgIpc) is 3.25. The highest BCUT2D eigenvalue weighted by Gasteiger charge is 2.15. The van der Waals surface area contributed by atoms with E-state index in [1.165, 1.54) is 18.9 Å². The molecule has 0 unspecified atom stereocenters. The van der Waals surface area contributed by atoms with Gasteiger partial charge in [-0.1, -0.05) is 6.07 Å². The Morgan fingerprint density at radius 1 is 1.39 bits per heavy atom. The molecule has 1 N–H and O–H groups in total. The van der Waals surface area contributed by atoms with Gasteiger partial charge >= 0.3 is 0 Å². The zero-order valence-corrected chi connectivity index (χ0v) is 13.8. The van der Waals surface area contributed by atoms with E-state index in [0.717, 1.165) is 35.9 Å². The summed E-state index contributed by atoms with van der Waals surface area (Å²) >= 11 is 1.69. The second kappa shape index (κ2) is 7.87. The minimum absolute atomic E-state index is 0.0937. The summed E-state index contributed by atoms with van der Waals surface area (Å²) in [6, 6.07) is 3.75. The Kier molecular flexibility index (Phi) is 5.37. The average molecular weight is 328 g/mol. The fourth-order valence-electron chi connectivity index (χ4n) is 2.48. The number of anilines is 1. The summed E-state index contributed by atoms with van der Waals surface area (Å²) in [7, 11) is 0. The number of rotatable bonds is 6. The van der Waals surface area contributed by atoms with Crippen LogP contribution in [0.1, 0.15) is 24.1 Å². The molecule has 0 bridgehead atoms. The predicted molar refractivity (Wildman–Crippen MR) is 93.5 cm³/mol. The van der Waals surface area contributed by atoms with Gasteiger partial charge < -0.3 is 10.2 Å². The van der Waals surface area contributed by atoms with Crippen LogP contribution in [0, 0.1) is 0 Å². The standard InChI is InChI=1S/C17H20N4OS/c22-16(6-5-14-4-3-8-18-12-14)19-9-7-15-13-23-17(20-15)21-10-1-2-11-21/h3-6,8,12-13H,1-2,7,9-11H2,(H,19,22). The molecule has 5 nitrogen and oxygen atoms in total. The summed E-state index contributed by atoms with van der Waals surface area (Å²) in [5, 5.41) is 6.09. The molecule has 6 heteroatoms. The van der Waals surface area contributed by atoms with Gasteiger partial charge in [0.05, 0.1) is 5.69 Å². The number of carbonyl (C=O) groups is 1. The smallest absolute Gasteiger partial charge is 0.244 e. The molecule has 0 radical (unpaired) electrons. The molecule has 0 aliphatic carbocycles. The summed E-state index contributed by atoms with van der Waals surface area (Å²) in [5.74, 6) is -0.0937. The minimum atomic E-state index is -0.0937. The van der Waals surface area contributed by atoms with E-state index < -0.39 is 0 Å². The third-order valence-corrected chi connectivity index (χ3v) is 4.66. The predicted octanol–water partition coefficient (Wildman–Crippen LogP) is 2.51. The van der Waals surface area contributed by atoms with Crippen molar-refractivity contribution in [2.75, 3.05) is 24.5 Å². The number of amides is 1. The Bertz CT molecular complexity index is 662. The molecule has 3 heterocycles. The van der Waals surface area contributed by atoms with Gasteiger partial charge in [-0.05, 0) is 30.5 Å². The van der Waals surface area contributed by atoms with E-state index in [4.69, 9.17) is 0 Å². The molecule has 2 aromatic heterocycles. The first kappa shape index (κ1) is 15.7. The molecule has 1 aliphatic heterocycles. The molecule has 2 aromatic rings. The molecule has 0 aromatic carbocycles. The van der Waals surface area contributed by atoms with Crippen LogP contribution in [0.2, 0.25) is 0 Å². The molecule has 0 saturated carbocycles. The summed E-state index contributed by atoms with van der Waals surface area (Å²) in [6.45, 7) is 2.82. The molecule has 0 atom stereocenters. The van der Waals surface area contributed by atoms with Gasteiger partial charge in [0.1, 0.15) is 0 Å². The molecule has 120 valence electrons. The first-order chi connectivity index (χ1) is 11.3. The van der Waals surface area contributed by atoms with E-state index in [1.54, 1.807) is 29.8 Å². The topological polar surface area (TPSA) is 58.1 Å². The maximum atomic E-state index is 11.8. The lowest BCUT2D eigenvalue weighted by Gasteiger charge is -2.12. The minimum Gasteiger partial charge on any atom is -0.352 e. The second-order valence-electron chi connectivity index (χ2n) is 5.48. The van der Waals surface area contributed by atoms with Crippen molar-refractivity contribution in [3.8, 4) is 0 Å². The second-order valence-corrected chi connectivity index (χ2v) is 6.31. The molecule has 23 heavy (non-hydrogen) atoms. The van der Waals surface area contributed by atoms with Crippen LogP contribution < -0.4 is 10.2 Å². The summed E-state index contributed by atoms with van der Waals surface area (Å²) in [5.41, 5.74) is 1.96. The van der Waals surface area contributed by atoms with Gasteiger partial charge in [0.15, 0.2) is 5.13 Å². The third-order valence-electron chi connectivity index (χ3n) is 3.71. The third kappa shape index (κ3) is 4.63. The number of aromatic nitrogens is 2. The van der Waals surface area contributed by atoms with Gasteiger partial charge in [0.2, 0.25) is 5.91 Å². The Morgan fingerprint density at radius 3 is 3.04 bits per heavy atom. The van der Waals surface area contributed by atoms with Gasteiger partial charge in [-0.15, -0.1) is 11.3 Å². The van der Waals surface area contributed by atoms with Gasteiger partial charge in [0, 0.05) is 49.9 Å². The number of hydrogen-bond acceptors (Lipinski definition) is 5. The zero-order valence-electron chi connectivity index (χ0n) is 12.9. The number of nitrogens with one attached hydrogen (secondary N) is 1. The van der Waals surface area contributed by atoms with E-state index in [-0.39, 0.29) is 5.91 Å². The first-order valence-corrected chi connectivity index (χ1v) is 8.74. The molecule has 1 amide bonds. The Balaban J connectivity index is 1.42. The van der Waals surface area contributed by atoms with E-state index in [1.807, 2.05) is 12.1 Å². The fraction of sp³-hybridized carbons (Fsp3) is 0.353. The van der Waals surface area contributed by atoms with E-state index in [9.17, 15) is 4.79 Å². The van der Waals surface area contributed by atoms with Crippen molar-refractivity contribution in [1.29, 1.82) is 0 Å². The van der Waals surface area contributed by atoms with Crippen LogP contribution in [-0.4, -0.2) is 35.5 Å². The summed E-state index contributed by atoms with van der Waals surface area (Å²) in [4.78, 5) is 22.8. The number of thiazole rings is 1.